The minimum absolute atomic E-state index is 0.211. The van der Waals surface area contributed by atoms with E-state index in [1.165, 1.54) is 0 Å². The van der Waals surface area contributed by atoms with E-state index in [4.69, 9.17) is 4.74 Å². The van der Waals surface area contributed by atoms with Crippen LogP contribution in [0, 0.1) is 0 Å². The summed E-state index contributed by atoms with van der Waals surface area (Å²) in [5, 5.41) is 29.4. The number of hydrogen-bond donors (Lipinski definition) is 3. The number of hydrogen-bond acceptors (Lipinski definition) is 4. The summed E-state index contributed by atoms with van der Waals surface area (Å²) in [6.45, 7) is 9.57. The first-order valence-electron chi connectivity index (χ1n) is 6.24. The summed E-state index contributed by atoms with van der Waals surface area (Å²) < 4.78 is 5.79. The van der Waals surface area contributed by atoms with Gasteiger partial charge in [0.05, 0.1) is 31.6 Å². The van der Waals surface area contributed by atoms with Crippen LogP contribution in [0.2, 0.25) is 19.6 Å². The van der Waals surface area contributed by atoms with E-state index in [0.717, 1.165) is 0 Å². The van der Waals surface area contributed by atoms with Crippen molar-refractivity contribution < 1.29 is 20.1 Å². The molecule has 102 valence electrons. The molecular formula is C12H26O4Si. The van der Waals surface area contributed by atoms with Gasteiger partial charge in [-0.1, -0.05) is 19.6 Å². The van der Waals surface area contributed by atoms with E-state index >= 15 is 0 Å². The van der Waals surface area contributed by atoms with Crippen LogP contribution in [-0.4, -0.2) is 53.0 Å². The van der Waals surface area contributed by atoms with E-state index in [9.17, 15) is 15.3 Å². The molecule has 1 aliphatic rings. The molecule has 3 N–H and O–H groups in total. The molecule has 0 bridgehead atoms. The van der Waals surface area contributed by atoms with Crippen molar-refractivity contribution in [1.82, 2.24) is 0 Å². The lowest BCUT2D eigenvalue weighted by atomic mass is 9.97. The first kappa shape index (κ1) is 15.1. The zero-order valence-electron chi connectivity index (χ0n) is 11.5. The molecule has 1 rings (SSSR count). The van der Waals surface area contributed by atoms with Gasteiger partial charge >= 0.3 is 0 Å². The molecule has 0 amide bonds. The first-order chi connectivity index (χ1) is 7.54. The lowest BCUT2D eigenvalue weighted by molar-refractivity contribution is -0.167. The fourth-order valence-electron chi connectivity index (χ4n) is 2.45. The van der Waals surface area contributed by atoms with Crippen LogP contribution < -0.4 is 0 Å². The zero-order chi connectivity index (χ0) is 13.5. The summed E-state index contributed by atoms with van der Waals surface area (Å²) in [5.41, 5.74) is -0.725. The average Bonchev–Trinajstić information content (AvgIpc) is 2.27. The number of rotatable bonds is 2. The van der Waals surface area contributed by atoms with Crippen molar-refractivity contribution in [3.05, 3.63) is 0 Å². The number of aliphatic hydroxyl groups is 3. The van der Waals surface area contributed by atoms with Gasteiger partial charge in [-0.25, -0.2) is 0 Å². The smallest absolute Gasteiger partial charge is 0.107 e. The highest BCUT2D eigenvalue weighted by atomic mass is 28.3. The van der Waals surface area contributed by atoms with Crippen LogP contribution in [0.4, 0.5) is 0 Å². The molecule has 0 saturated carbocycles. The summed E-state index contributed by atoms with van der Waals surface area (Å²) >= 11 is 0. The summed E-state index contributed by atoms with van der Waals surface area (Å²) in [6.07, 6.45) is -0.230. The Hall–Kier alpha value is 0.0569. The second kappa shape index (κ2) is 4.62. The van der Waals surface area contributed by atoms with Gasteiger partial charge in [-0.2, -0.15) is 0 Å². The molecule has 17 heavy (non-hydrogen) atoms. The van der Waals surface area contributed by atoms with Crippen molar-refractivity contribution in [2.24, 2.45) is 0 Å². The lowest BCUT2D eigenvalue weighted by Gasteiger charge is -2.44. The topological polar surface area (TPSA) is 69.9 Å². The van der Waals surface area contributed by atoms with Crippen molar-refractivity contribution >= 4 is 8.07 Å². The van der Waals surface area contributed by atoms with E-state index in [1.54, 1.807) is 13.8 Å². The Morgan fingerprint density at radius 2 is 1.82 bits per heavy atom. The Morgan fingerprint density at radius 1 is 1.29 bits per heavy atom. The molecule has 0 radical (unpaired) electrons. The Bertz CT molecular complexity index is 271. The molecule has 5 heteroatoms. The highest BCUT2D eigenvalue weighted by molar-refractivity contribution is 6.79. The second-order valence-corrected chi connectivity index (χ2v) is 12.0. The van der Waals surface area contributed by atoms with Crippen LogP contribution in [0.25, 0.3) is 0 Å². The summed E-state index contributed by atoms with van der Waals surface area (Å²) in [7, 11) is -1.93. The molecule has 3 atom stereocenters. The van der Waals surface area contributed by atoms with Crippen molar-refractivity contribution in [3.8, 4) is 0 Å². The van der Waals surface area contributed by atoms with Gasteiger partial charge in [-0.05, 0) is 26.7 Å². The summed E-state index contributed by atoms with van der Waals surface area (Å²) in [6, 6.07) is 0. The van der Waals surface area contributed by atoms with E-state index in [1.807, 2.05) is 0 Å². The monoisotopic (exact) mass is 262 g/mol. The first-order valence-corrected chi connectivity index (χ1v) is 9.74. The highest BCUT2D eigenvalue weighted by Gasteiger charge is 2.53. The molecular weight excluding hydrogens is 236 g/mol. The third kappa shape index (κ3) is 2.74. The van der Waals surface area contributed by atoms with Crippen LogP contribution in [0.3, 0.4) is 0 Å². The van der Waals surface area contributed by atoms with Crippen molar-refractivity contribution in [2.75, 3.05) is 6.61 Å². The summed E-state index contributed by atoms with van der Waals surface area (Å²) in [5.74, 6) is 0. The number of aliphatic hydroxyl groups excluding tert-OH is 2. The quantitative estimate of drug-likeness (QED) is 0.647. The van der Waals surface area contributed by atoms with Crippen molar-refractivity contribution in [2.45, 2.75) is 69.4 Å². The van der Waals surface area contributed by atoms with Gasteiger partial charge < -0.3 is 20.1 Å². The average molecular weight is 262 g/mol. The molecule has 0 spiro atoms. The van der Waals surface area contributed by atoms with Gasteiger partial charge in [0.25, 0.3) is 0 Å². The van der Waals surface area contributed by atoms with E-state index in [-0.39, 0.29) is 6.61 Å². The SMILES string of the molecule is CC1(C)O[C@H](CO)[C@](O)([Si](C)(C)C)CC[C@H]1O. The molecule has 0 aromatic rings. The predicted molar refractivity (Wildman–Crippen MR) is 69.6 cm³/mol. The van der Waals surface area contributed by atoms with E-state index in [2.05, 4.69) is 19.6 Å². The fraction of sp³-hybridized carbons (Fsp3) is 1.00. The van der Waals surface area contributed by atoms with Crippen molar-refractivity contribution in [3.63, 3.8) is 0 Å². The molecule has 0 aliphatic carbocycles. The fourth-order valence-corrected chi connectivity index (χ4v) is 4.46. The van der Waals surface area contributed by atoms with Gasteiger partial charge in [0.2, 0.25) is 0 Å². The standard InChI is InChI=1S/C12H26O4Si/c1-11(2)9(14)6-7-12(15,17(3,4)5)10(8-13)16-11/h9-10,13-15H,6-8H2,1-5H3/t9-,10-,12-/m1/s1. The van der Waals surface area contributed by atoms with Gasteiger partial charge in [-0.3, -0.25) is 0 Å². The van der Waals surface area contributed by atoms with Crippen LogP contribution in [0.1, 0.15) is 26.7 Å². The summed E-state index contributed by atoms with van der Waals surface area (Å²) in [4.78, 5) is 0. The van der Waals surface area contributed by atoms with E-state index < -0.39 is 31.1 Å². The Morgan fingerprint density at radius 3 is 2.24 bits per heavy atom. The minimum Gasteiger partial charge on any atom is -0.394 e. The molecule has 1 fully saturated rings. The number of ether oxygens (including phenoxy) is 1. The van der Waals surface area contributed by atoms with Gasteiger partial charge in [0.15, 0.2) is 0 Å². The maximum absolute atomic E-state index is 10.9. The normalized spacial score (nSPS) is 38.8. The van der Waals surface area contributed by atoms with Crippen LogP contribution in [-0.2, 0) is 4.74 Å². The second-order valence-electron chi connectivity index (χ2n) is 6.62. The molecule has 4 nitrogen and oxygen atoms in total. The molecule has 1 heterocycles. The third-order valence-corrected chi connectivity index (χ3v) is 7.21. The third-order valence-electron chi connectivity index (χ3n) is 4.04. The zero-order valence-corrected chi connectivity index (χ0v) is 12.5. The Labute approximate surface area is 105 Å². The van der Waals surface area contributed by atoms with E-state index in [0.29, 0.717) is 12.8 Å². The van der Waals surface area contributed by atoms with Crippen molar-refractivity contribution in [1.29, 1.82) is 0 Å². The molecule has 0 aromatic carbocycles. The van der Waals surface area contributed by atoms with Gasteiger partial charge in [0.1, 0.15) is 6.10 Å². The van der Waals surface area contributed by atoms with Crippen LogP contribution in [0.15, 0.2) is 0 Å². The maximum atomic E-state index is 10.9. The van der Waals surface area contributed by atoms with Crippen LogP contribution in [0.5, 0.6) is 0 Å². The molecule has 0 unspecified atom stereocenters. The lowest BCUT2D eigenvalue weighted by Crippen LogP contribution is -2.62. The largest absolute Gasteiger partial charge is 0.394 e. The molecule has 1 saturated heterocycles. The van der Waals surface area contributed by atoms with Gasteiger partial charge in [0, 0.05) is 0 Å². The predicted octanol–water partition coefficient (Wildman–Crippen LogP) is 0.906. The van der Waals surface area contributed by atoms with Crippen LogP contribution >= 0.6 is 0 Å². The minimum atomic E-state index is -1.93. The van der Waals surface area contributed by atoms with Gasteiger partial charge in [-0.15, -0.1) is 0 Å². The Kier molecular flexibility index (Phi) is 4.11. The maximum Gasteiger partial charge on any atom is 0.107 e. The molecule has 0 aromatic heterocycles. The Balaban J connectivity index is 3.08. The molecule has 1 aliphatic heterocycles. The highest BCUT2D eigenvalue weighted by Crippen LogP contribution is 2.38.